The van der Waals surface area contributed by atoms with Crippen LogP contribution in [0.15, 0.2) is 249 Å². The SMILES string of the molecule is c1ccc(C2(c3ccccc3)c3ccccc3-c3c(N(c4cccc(-c5ccc6ccccc6c5)c4)c4cccc(-c5cc6ccccc6c6ccccc56)c4)cccc32)cc1. The average molecular weight is 788 g/mol. The lowest BCUT2D eigenvalue weighted by molar-refractivity contribution is 0.768. The lowest BCUT2D eigenvalue weighted by atomic mass is 9.68. The molecular weight excluding hydrogens is 747 g/mol. The van der Waals surface area contributed by atoms with Crippen molar-refractivity contribution < 1.29 is 0 Å². The summed E-state index contributed by atoms with van der Waals surface area (Å²) in [7, 11) is 0. The van der Waals surface area contributed by atoms with Gasteiger partial charge in [-0.1, -0.05) is 206 Å². The predicted molar refractivity (Wildman–Crippen MR) is 262 cm³/mol. The zero-order valence-corrected chi connectivity index (χ0v) is 34.1. The van der Waals surface area contributed by atoms with Crippen molar-refractivity contribution in [2.75, 3.05) is 4.90 Å². The van der Waals surface area contributed by atoms with Crippen LogP contribution in [-0.2, 0) is 5.41 Å². The highest BCUT2D eigenvalue weighted by Gasteiger charge is 2.47. The standard InChI is InChI=1S/C61H41N/c1-3-23-48(24-4-1)61(49-25-5-2-6-26-49)57-33-14-13-32-55(57)60-58(61)34-17-35-59(60)62(50-27-15-21-44(39-50)45-37-36-42-18-7-8-19-43(42)38-45)51-28-16-22-46(40-51)56-41-47-20-9-10-29-52(47)53-30-11-12-31-54(53)56/h1-41H. The maximum absolute atomic E-state index is 2.50. The number of benzene rings is 11. The van der Waals surface area contributed by atoms with Gasteiger partial charge in [0.05, 0.1) is 11.1 Å². The quantitative estimate of drug-likeness (QED) is 0.145. The fraction of sp³-hybridized carbons (Fsp3) is 0.0164. The van der Waals surface area contributed by atoms with Crippen LogP contribution in [0.3, 0.4) is 0 Å². The Morgan fingerprint density at radius 1 is 0.290 bits per heavy atom. The first kappa shape index (κ1) is 35.9. The second kappa shape index (κ2) is 14.6. The van der Waals surface area contributed by atoms with Gasteiger partial charge in [0.15, 0.2) is 0 Å². The van der Waals surface area contributed by atoms with Gasteiger partial charge < -0.3 is 4.90 Å². The smallest absolute Gasteiger partial charge is 0.0714 e. The van der Waals surface area contributed by atoms with Gasteiger partial charge in [0.1, 0.15) is 0 Å². The summed E-state index contributed by atoms with van der Waals surface area (Å²) in [6.07, 6.45) is 0. The summed E-state index contributed by atoms with van der Waals surface area (Å²) in [5, 5.41) is 7.50. The molecule has 11 aromatic carbocycles. The van der Waals surface area contributed by atoms with Crippen molar-refractivity contribution >= 4 is 49.4 Å². The molecule has 0 unspecified atom stereocenters. The Labute approximate surface area is 362 Å². The largest absolute Gasteiger partial charge is 0.310 e. The molecule has 0 amide bonds. The maximum Gasteiger partial charge on any atom is 0.0714 e. The lowest BCUT2D eigenvalue weighted by Gasteiger charge is -2.34. The molecular formula is C61H41N. The van der Waals surface area contributed by atoms with Crippen molar-refractivity contribution in [1.82, 2.24) is 0 Å². The first-order chi connectivity index (χ1) is 30.8. The monoisotopic (exact) mass is 787 g/mol. The molecule has 1 aliphatic rings. The number of fused-ring (bicyclic) bond motifs is 7. The van der Waals surface area contributed by atoms with Crippen LogP contribution in [0.5, 0.6) is 0 Å². The van der Waals surface area contributed by atoms with Gasteiger partial charge in [0.25, 0.3) is 0 Å². The van der Waals surface area contributed by atoms with Gasteiger partial charge in [0, 0.05) is 16.9 Å². The van der Waals surface area contributed by atoms with Gasteiger partial charge in [-0.3, -0.25) is 0 Å². The Bertz CT molecular complexity index is 3430. The summed E-state index contributed by atoms with van der Waals surface area (Å²) in [6.45, 7) is 0. The van der Waals surface area contributed by atoms with Gasteiger partial charge in [-0.2, -0.15) is 0 Å². The third kappa shape index (κ3) is 5.63. The molecule has 0 heterocycles. The average Bonchev–Trinajstić information content (AvgIpc) is 3.66. The van der Waals surface area contributed by atoms with E-state index in [-0.39, 0.29) is 0 Å². The molecule has 290 valence electrons. The van der Waals surface area contributed by atoms with E-state index in [1.807, 2.05) is 0 Å². The molecule has 1 nitrogen and oxygen atoms in total. The van der Waals surface area contributed by atoms with Crippen LogP contribution >= 0.6 is 0 Å². The van der Waals surface area contributed by atoms with Crippen molar-refractivity contribution in [3.8, 4) is 33.4 Å². The van der Waals surface area contributed by atoms with Gasteiger partial charge in [0.2, 0.25) is 0 Å². The number of hydrogen-bond donors (Lipinski definition) is 0. The summed E-state index contributed by atoms with van der Waals surface area (Å²) in [5.74, 6) is 0. The predicted octanol–water partition coefficient (Wildman–Crippen LogP) is 16.3. The second-order valence-electron chi connectivity index (χ2n) is 16.4. The minimum Gasteiger partial charge on any atom is -0.310 e. The Morgan fingerprint density at radius 3 is 1.60 bits per heavy atom. The molecule has 0 bridgehead atoms. The van der Waals surface area contributed by atoms with Crippen molar-refractivity contribution in [2.45, 2.75) is 5.41 Å². The van der Waals surface area contributed by atoms with E-state index in [2.05, 4.69) is 254 Å². The fourth-order valence-electron chi connectivity index (χ4n) is 10.4. The number of anilines is 3. The van der Waals surface area contributed by atoms with Crippen LogP contribution in [0.1, 0.15) is 22.3 Å². The Balaban J connectivity index is 1.13. The maximum atomic E-state index is 2.50. The van der Waals surface area contributed by atoms with E-state index in [9.17, 15) is 0 Å². The van der Waals surface area contributed by atoms with Gasteiger partial charge in [-0.05, 0) is 125 Å². The Hall–Kier alpha value is -8.00. The minimum absolute atomic E-state index is 0.519. The molecule has 62 heavy (non-hydrogen) atoms. The summed E-state index contributed by atoms with van der Waals surface area (Å²) in [5.41, 5.74) is 15.1. The van der Waals surface area contributed by atoms with Crippen LogP contribution in [0.2, 0.25) is 0 Å². The molecule has 0 fully saturated rings. The van der Waals surface area contributed by atoms with Gasteiger partial charge >= 0.3 is 0 Å². The molecule has 11 aromatic rings. The molecule has 0 aliphatic heterocycles. The number of rotatable bonds is 7. The number of hydrogen-bond acceptors (Lipinski definition) is 1. The number of nitrogens with zero attached hydrogens (tertiary/aromatic N) is 1. The van der Waals surface area contributed by atoms with Crippen molar-refractivity contribution in [2.24, 2.45) is 0 Å². The van der Waals surface area contributed by atoms with Crippen LogP contribution < -0.4 is 4.90 Å². The summed E-state index contributed by atoms with van der Waals surface area (Å²) in [6, 6.07) is 91.8. The third-order valence-electron chi connectivity index (χ3n) is 13.1. The Kier molecular flexibility index (Phi) is 8.47. The van der Waals surface area contributed by atoms with Gasteiger partial charge in [-0.15, -0.1) is 0 Å². The Morgan fingerprint density at radius 2 is 0.839 bits per heavy atom. The lowest BCUT2D eigenvalue weighted by Crippen LogP contribution is -2.28. The fourth-order valence-corrected chi connectivity index (χ4v) is 10.4. The topological polar surface area (TPSA) is 3.24 Å². The molecule has 0 spiro atoms. The minimum atomic E-state index is -0.519. The normalized spacial score (nSPS) is 12.6. The van der Waals surface area contributed by atoms with Crippen LogP contribution in [0.4, 0.5) is 17.1 Å². The highest BCUT2D eigenvalue weighted by Crippen LogP contribution is 2.59. The van der Waals surface area contributed by atoms with E-state index in [0.29, 0.717) is 0 Å². The van der Waals surface area contributed by atoms with E-state index in [1.165, 1.54) is 88.0 Å². The van der Waals surface area contributed by atoms with E-state index in [0.717, 1.165) is 17.1 Å². The van der Waals surface area contributed by atoms with E-state index in [4.69, 9.17) is 0 Å². The third-order valence-corrected chi connectivity index (χ3v) is 13.1. The second-order valence-corrected chi connectivity index (χ2v) is 16.4. The zero-order chi connectivity index (χ0) is 41.0. The summed E-state index contributed by atoms with van der Waals surface area (Å²) < 4.78 is 0. The zero-order valence-electron chi connectivity index (χ0n) is 34.1. The first-order valence-corrected chi connectivity index (χ1v) is 21.5. The molecule has 1 heteroatoms. The highest BCUT2D eigenvalue weighted by molar-refractivity contribution is 6.14. The van der Waals surface area contributed by atoms with E-state index >= 15 is 0 Å². The van der Waals surface area contributed by atoms with Crippen LogP contribution in [-0.4, -0.2) is 0 Å². The molecule has 0 saturated heterocycles. The summed E-state index contributed by atoms with van der Waals surface area (Å²) in [4.78, 5) is 2.50. The van der Waals surface area contributed by atoms with Crippen molar-refractivity contribution in [3.63, 3.8) is 0 Å². The first-order valence-electron chi connectivity index (χ1n) is 21.5. The van der Waals surface area contributed by atoms with Crippen molar-refractivity contribution in [1.29, 1.82) is 0 Å². The molecule has 0 aromatic heterocycles. The molecule has 12 rings (SSSR count). The molecule has 1 aliphatic carbocycles. The van der Waals surface area contributed by atoms with Crippen LogP contribution in [0.25, 0.3) is 65.7 Å². The summed E-state index contributed by atoms with van der Waals surface area (Å²) >= 11 is 0. The molecule has 0 N–H and O–H groups in total. The molecule has 0 saturated carbocycles. The molecule has 0 atom stereocenters. The van der Waals surface area contributed by atoms with E-state index in [1.54, 1.807) is 0 Å². The van der Waals surface area contributed by atoms with E-state index < -0.39 is 5.41 Å². The highest BCUT2D eigenvalue weighted by atomic mass is 15.1. The van der Waals surface area contributed by atoms with Crippen molar-refractivity contribution in [3.05, 3.63) is 271 Å². The van der Waals surface area contributed by atoms with Crippen LogP contribution in [0, 0.1) is 0 Å². The molecule has 0 radical (unpaired) electrons. The van der Waals surface area contributed by atoms with Gasteiger partial charge in [-0.25, -0.2) is 0 Å².